The number of carbonyl (C=O) groups excluding carboxylic acids is 3. The maximum absolute atomic E-state index is 13.0. The molecule has 12 heteroatoms. The number of imide groups is 1. The van der Waals surface area contributed by atoms with Crippen LogP contribution in [0.3, 0.4) is 0 Å². The maximum atomic E-state index is 13.0. The van der Waals surface area contributed by atoms with Gasteiger partial charge in [0.05, 0.1) is 21.6 Å². The second-order valence-electron chi connectivity index (χ2n) is 8.85. The Hall–Kier alpha value is -3.86. The number of carbonyl (C=O) groups is 3. The zero-order valence-electron chi connectivity index (χ0n) is 21.8. The maximum Gasteiger partial charge on any atom is 0.294 e. The summed E-state index contributed by atoms with van der Waals surface area (Å²) in [7, 11) is 0. The standard InChI is InChI=1S/C29H24Cl2N2O7S/c1-2-37-24-12-17(4-7-23(24)40-16-18-3-6-20(30)21(31)11-18)13-26-28(35)33(29(36)41-26)15-27(34)32-19-5-8-22-25(14-19)39-10-9-38-22/h3-8,11-14H,2,9-10,15-16H2,1H3,(H,32,34)/b26-13+. The number of fused-ring (bicyclic) bond motifs is 1. The van der Waals surface area contributed by atoms with Gasteiger partial charge in [-0.1, -0.05) is 35.3 Å². The number of rotatable bonds is 9. The molecule has 1 saturated heterocycles. The van der Waals surface area contributed by atoms with Crippen molar-refractivity contribution in [3.05, 3.63) is 80.7 Å². The summed E-state index contributed by atoms with van der Waals surface area (Å²) in [6.07, 6.45) is 1.58. The Kier molecular flexibility index (Phi) is 8.92. The van der Waals surface area contributed by atoms with Gasteiger partial charge >= 0.3 is 0 Å². The third-order valence-electron chi connectivity index (χ3n) is 5.94. The molecule has 41 heavy (non-hydrogen) atoms. The zero-order valence-corrected chi connectivity index (χ0v) is 24.1. The predicted molar refractivity (Wildman–Crippen MR) is 157 cm³/mol. The van der Waals surface area contributed by atoms with E-state index in [1.165, 1.54) is 0 Å². The van der Waals surface area contributed by atoms with E-state index in [2.05, 4.69) is 5.32 Å². The molecule has 0 aromatic heterocycles. The van der Waals surface area contributed by atoms with Crippen LogP contribution in [0.2, 0.25) is 10.0 Å². The summed E-state index contributed by atoms with van der Waals surface area (Å²) in [4.78, 5) is 39.4. The minimum Gasteiger partial charge on any atom is -0.490 e. The number of amides is 3. The van der Waals surface area contributed by atoms with Crippen LogP contribution in [0, 0.1) is 0 Å². The molecule has 9 nitrogen and oxygen atoms in total. The first-order valence-electron chi connectivity index (χ1n) is 12.6. The molecule has 0 aliphatic carbocycles. The lowest BCUT2D eigenvalue weighted by molar-refractivity contribution is -0.127. The van der Waals surface area contributed by atoms with Crippen LogP contribution < -0.4 is 24.3 Å². The first kappa shape index (κ1) is 28.7. The molecule has 0 bridgehead atoms. The first-order valence-corrected chi connectivity index (χ1v) is 14.2. The van der Waals surface area contributed by atoms with Crippen LogP contribution in [0.4, 0.5) is 10.5 Å². The Labute approximate surface area is 250 Å². The molecule has 3 aromatic rings. The number of halogens is 2. The number of hydrogen-bond acceptors (Lipinski definition) is 8. The fraction of sp³-hybridized carbons (Fsp3) is 0.207. The Morgan fingerprint density at radius 1 is 0.976 bits per heavy atom. The van der Waals surface area contributed by atoms with Crippen molar-refractivity contribution < 1.29 is 33.3 Å². The van der Waals surface area contributed by atoms with Gasteiger partial charge in [0.2, 0.25) is 5.91 Å². The quantitative estimate of drug-likeness (QED) is 0.275. The van der Waals surface area contributed by atoms with E-state index >= 15 is 0 Å². The Bertz CT molecular complexity index is 1550. The molecule has 2 aliphatic rings. The molecule has 212 valence electrons. The largest absolute Gasteiger partial charge is 0.490 e. The lowest BCUT2D eigenvalue weighted by atomic mass is 10.1. The first-order chi connectivity index (χ1) is 19.8. The van der Waals surface area contributed by atoms with Gasteiger partial charge < -0.3 is 24.3 Å². The van der Waals surface area contributed by atoms with Gasteiger partial charge in [-0.3, -0.25) is 19.3 Å². The van der Waals surface area contributed by atoms with Crippen LogP contribution in [0.5, 0.6) is 23.0 Å². The van der Waals surface area contributed by atoms with Gasteiger partial charge in [-0.15, -0.1) is 0 Å². The molecule has 2 heterocycles. The molecule has 5 rings (SSSR count). The number of hydrogen-bond donors (Lipinski definition) is 1. The van der Waals surface area contributed by atoms with Gasteiger partial charge in [-0.2, -0.15) is 0 Å². The molecule has 0 radical (unpaired) electrons. The fourth-order valence-corrected chi connectivity index (χ4v) is 5.20. The monoisotopic (exact) mass is 614 g/mol. The highest BCUT2D eigenvalue weighted by molar-refractivity contribution is 8.18. The number of nitrogens with zero attached hydrogens (tertiary/aromatic N) is 1. The zero-order chi connectivity index (χ0) is 28.9. The van der Waals surface area contributed by atoms with Crippen molar-refractivity contribution in [2.24, 2.45) is 0 Å². The van der Waals surface area contributed by atoms with E-state index in [0.717, 1.165) is 22.2 Å². The van der Waals surface area contributed by atoms with Gasteiger partial charge in [0.25, 0.3) is 11.1 Å². The average molecular weight is 615 g/mol. The van der Waals surface area contributed by atoms with E-state index < -0.39 is 23.6 Å². The van der Waals surface area contributed by atoms with E-state index in [4.69, 9.17) is 42.1 Å². The van der Waals surface area contributed by atoms with E-state index in [-0.39, 0.29) is 11.5 Å². The Morgan fingerprint density at radius 3 is 2.56 bits per heavy atom. The second kappa shape index (κ2) is 12.8. The molecule has 2 aliphatic heterocycles. The van der Waals surface area contributed by atoms with E-state index in [1.807, 2.05) is 13.0 Å². The van der Waals surface area contributed by atoms with E-state index in [0.29, 0.717) is 64.1 Å². The fourth-order valence-electron chi connectivity index (χ4n) is 4.05. The number of nitrogens with one attached hydrogen (secondary N) is 1. The van der Waals surface area contributed by atoms with E-state index in [1.54, 1.807) is 54.6 Å². The number of ether oxygens (including phenoxy) is 4. The average Bonchev–Trinajstić information content (AvgIpc) is 3.21. The summed E-state index contributed by atoms with van der Waals surface area (Å²) in [5.41, 5.74) is 1.92. The molecule has 3 amide bonds. The van der Waals surface area contributed by atoms with Crippen molar-refractivity contribution in [1.82, 2.24) is 4.90 Å². The second-order valence-corrected chi connectivity index (χ2v) is 10.7. The molecule has 3 aromatic carbocycles. The summed E-state index contributed by atoms with van der Waals surface area (Å²) in [5.74, 6) is 0.991. The van der Waals surface area contributed by atoms with Gasteiger partial charge in [0, 0.05) is 11.8 Å². The van der Waals surface area contributed by atoms with Crippen molar-refractivity contribution in [2.45, 2.75) is 13.5 Å². The predicted octanol–water partition coefficient (Wildman–Crippen LogP) is 6.42. The topological polar surface area (TPSA) is 103 Å². The summed E-state index contributed by atoms with van der Waals surface area (Å²) < 4.78 is 22.7. The SMILES string of the molecule is CCOc1cc(/C=C2/SC(=O)N(CC(=O)Nc3ccc4c(c3)OCCO4)C2=O)ccc1OCc1ccc(Cl)c(Cl)c1. The molecule has 1 fully saturated rings. The number of anilines is 1. The summed E-state index contributed by atoms with van der Waals surface area (Å²) in [6, 6.07) is 15.4. The third kappa shape index (κ3) is 6.90. The lowest BCUT2D eigenvalue weighted by Crippen LogP contribution is -2.36. The van der Waals surface area contributed by atoms with Crippen LogP contribution in [0.1, 0.15) is 18.1 Å². The molecule has 0 unspecified atom stereocenters. The van der Waals surface area contributed by atoms with Crippen LogP contribution in [0.25, 0.3) is 6.08 Å². The highest BCUT2D eigenvalue weighted by Gasteiger charge is 2.36. The number of benzene rings is 3. The molecule has 0 atom stereocenters. The molecule has 1 N–H and O–H groups in total. The van der Waals surface area contributed by atoms with Gasteiger partial charge in [-0.25, -0.2) is 0 Å². The van der Waals surface area contributed by atoms with Crippen LogP contribution in [0.15, 0.2) is 59.5 Å². The molecular weight excluding hydrogens is 591 g/mol. The minimum absolute atomic E-state index is 0.189. The van der Waals surface area contributed by atoms with Gasteiger partial charge in [0.15, 0.2) is 23.0 Å². The highest BCUT2D eigenvalue weighted by Crippen LogP contribution is 2.36. The summed E-state index contributed by atoms with van der Waals surface area (Å²) in [6.45, 7) is 2.91. The Balaban J connectivity index is 1.24. The lowest BCUT2D eigenvalue weighted by Gasteiger charge is -2.19. The summed E-state index contributed by atoms with van der Waals surface area (Å²) in [5, 5.41) is 3.04. The molecular formula is C29H24Cl2N2O7S. The summed E-state index contributed by atoms with van der Waals surface area (Å²) >= 11 is 12.8. The van der Waals surface area contributed by atoms with Crippen LogP contribution >= 0.6 is 35.0 Å². The van der Waals surface area contributed by atoms with Crippen molar-refractivity contribution in [2.75, 3.05) is 31.7 Å². The molecule has 0 spiro atoms. The van der Waals surface area contributed by atoms with Gasteiger partial charge in [0.1, 0.15) is 26.4 Å². The van der Waals surface area contributed by atoms with E-state index in [9.17, 15) is 14.4 Å². The Morgan fingerprint density at radius 2 is 1.78 bits per heavy atom. The van der Waals surface area contributed by atoms with Crippen molar-refractivity contribution in [1.29, 1.82) is 0 Å². The van der Waals surface area contributed by atoms with Gasteiger partial charge in [-0.05, 0) is 72.3 Å². The third-order valence-corrected chi connectivity index (χ3v) is 7.59. The van der Waals surface area contributed by atoms with Crippen molar-refractivity contribution in [3.63, 3.8) is 0 Å². The highest BCUT2D eigenvalue weighted by atomic mass is 35.5. The number of thioether (sulfide) groups is 1. The normalized spacial score (nSPS) is 15.3. The molecule has 0 saturated carbocycles. The minimum atomic E-state index is -0.560. The van der Waals surface area contributed by atoms with Crippen LogP contribution in [-0.2, 0) is 16.2 Å². The smallest absolute Gasteiger partial charge is 0.294 e. The van der Waals surface area contributed by atoms with Crippen molar-refractivity contribution in [3.8, 4) is 23.0 Å². The van der Waals surface area contributed by atoms with Crippen LogP contribution in [-0.4, -0.2) is 48.3 Å². The van der Waals surface area contributed by atoms with Crippen molar-refractivity contribution >= 4 is 63.8 Å².